The number of nitrogens with zero attached hydrogens (tertiary/aromatic N) is 1. The smallest absolute Gasteiger partial charge is 0.303 e. The Morgan fingerprint density at radius 3 is 2.56 bits per heavy atom. The van der Waals surface area contributed by atoms with E-state index in [1.807, 2.05) is 18.7 Å². The molecule has 1 amide bonds. The molecule has 0 saturated carbocycles. The molecule has 0 spiro atoms. The van der Waals surface area contributed by atoms with Crippen molar-refractivity contribution in [2.24, 2.45) is 11.8 Å². The standard InChI is InChI=1S/C11H20N2O3/c1-8(2)4-12-10(14)7-13-5-9(6-13)3-11(15)16/h8-9H,3-7H2,1-2H3,(H,12,14)(H,15,16). The predicted molar refractivity (Wildman–Crippen MR) is 60.0 cm³/mol. The van der Waals surface area contributed by atoms with E-state index in [0.29, 0.717) is 19.0 Å². The summed E-state index contributed by atoms with van der Waals surface area (Å²) in [7, 11) is 0. The molecule has 1 fully saturated rings. The van der Waals surface area contributed by atoms with Gasteiger partial charge in [0.05, 0.1) is 13.0 Å². The van der Waals surface area contributed by atoms with Gasteiger partial charge in [-0.1, -0.05) is 13.8 Å². The molecule has 0 aromatic rings. The van der Waals surface area contributed by atoms with E-state index < -0.39 is 5.97 Å². The lowest BCUT2D eigenvalue weighted by atomic mass is 9.96. The lowest BCUT2D eigenvalue weighted by Gasteiger charge is -2.37. The van der Waals surface area contributed by atoms with Crippen molar-refractivity contribution in [3.05, 3.63) is 0 Å². The predicted octanol–water partition coefficient (Wildman–Crippen LogP) is 0.165. The van der Waals surface area contributed by atoms with Gasteiger partial charge in [-0.05, 0) is 11.8 Å². The first-order chi connectivity index (χ1) is 7.47. The normalized spacial score (nSPS) is 17.2. The average Bonchev–Trinajstić information content (AvgIpc) is 2.10. The number of carboxylic acids is 1. The van der Waals surface area contributed by atoms with E-state index in [4.69, 9.17) is 5.11 Å². The molecule has 0 bridgehead atoms. The van der Waals surface area contributed by atoms with E-state index in [1.54, 1.807) is 0 Å². The van der Waals surface area contributed by atoms with Gasteiger partial charge in [0.15, 0.2) is 0 Å². The number of aliphatic carboxylic acids is 1. The monoisotopic (exact) mass is 228 g/mol. The third-order valence-electron chi connectivity index (χ3n) is 2.57. The second-order valence-electron chi connectivity index (χ2n) is 4.86. The van der Waals surface area contributed by atoms with Crippen molar-refractivity contribution >= 4 is 11.9 Å². The van der Waals surface area contributed by atoms with Crippen molar-refractivity contribution in [1.29, 1.82) is 0 Å². The molecule has 0 unspecified atom stereocenters. The van der Waals surface area contributed by atoms with Crippen LogP contribution in [0.3, 0.4) is 0 Å². The zero-order valence-corrected chi connectivity index (χ0v) is 9.90. The van der Waals surface area contributed by atoms with E-state index in [1.165, 1.54) is 0 Å². The number of likely N-dealkylation sites (tertiary alicyclic amines) is 1. The van der Waals surface area contributed by atoms with Crippen LogP contribution < -0.4 is 5.32 Å². The lowest BCUT2D eigenvalue weighted by Crippen LogP contribution is -2.51. The fourth-order valence-electron chi connectivity index (χ4n) is 1.76. The van der Waals surface area contributed by atoms with Crippen molar-refractivity contribution in [3.63, 3.8) is 0 Å². The van der Waals surface area contributed by atoms with Crippen LogP contribution in [0.2, 0.25) is 0 Å². The van der Waals surface area contributed by atoms with Crippen LogP contribution in [-0.2, 0) is 9.59 Å². The number of rotatable bonds is 6. The molecule has 0 aliphatic carbocycles. The summed E-state index contributed by atoms with van der Waals surface area (Å²) in [5.74, 6) is -0.0492. The molecule has 5 nitrogen and oxygen atoms in total. The van der Waals surface area contributed by atoms with Crippen LogP contribution in [0.25, 0.3) is 0 Å². The second kappa shape index (κ2) is 5.84. The lowest BCUT2D eigenvalue weighted by molar-refractivity contribution is -0.139. The van der Waals surface area contributed by atoms with Gasteiger partial charge in [0, 0.05) is 19.6 Å². The van der Waals surface area contributed by atoms with Gasteiger partial charge in [0.2, 0.25) is 5.91 Å². The van der Waals surface area contributed by atoms with Crippen LogP contribution in [0.4, 0.5) is 0 Å². The largest absolute Gasteiger partial charge is 0.481 e. The number of carboxylic acid groups (broad SMARTS) is 1. The minimum atomic E-state index is -0.756. The van der Waals surface area contributed by atoms with Gasteiger partial charge in [-0.2, -0.15) is 0 Å². The molecule has 92 valence electrons. The van der Waals surface area contributed by atoms with Crippen molar-refractivity contribution in [3.8, 4) is 0 Å². The van der Waals surface area contributed by atoms with E-state index >= 15 is 0 Å². The molecule has 1 saturated heterocycles. The van der Waals surface area contributed by atoms with Crippen LogP contribution in [0.5, 0.6) is 0 Å². The summed E-state index contributed by atoms with van der Waals surface area (Å²) in [4.78, 5) is 23.8. The highest BCUT2D eigenvalue weighted by atomic mass is 16.4. The summed E-state index contributed by atoms with van der Waals surface area (Å²) in [5.41, 5.74) is 0. The van der Waals surface area contributed by atoms with Crippen molar-refractivity contribution in [2.75, 3.05) is 26.2 Å². The molecule has 0 atom stereocenters. The molecule has 16 heavy (non-hydrogen) atoms. The van der Waals surface area contributed by atoms with E-state index in [2.05, 4.69) is 5.32 Å². The third-order valence-corrected chi connectivity index (χ3v) is 2.57. The Hall–Kier alpha value is -1.10. The first-order valence-corrected chi connectivity index (χ1v) is 5.68. The number of nitrogens with one attached hydrogen (secondary N) is 1. The fraction of sp³-hybridized carbons (Fsp3) is 0.818. The number of amides is 1. The zero-order valence-electron chi connectivity index (χ0n) is 9.90. The summed E-state index contributed by atoms with van der Waals surface area (Å²) in [6.07, 6.45) is 0.212. The maximum Gasteiger partial charge on any atom is 0.303 e. The Morgan fingerprint density at radius 2 is 2.06 bits per heavy atom. The van der Waals surface area contributed by atoms with E-state index in [0.717, 1.165) is 13.1 Å². The second-order valence-corrected chi connectivity index (χ2v) is 4.86. The van der Waals surface area contributed by atoms with Crippen LogP contribution in [0.1, 0.15) is 20.3 Å². The molecule has 0 aromatic carbocycles. The molecule has 0 aromatic heterocycles. The van der Waals surface area contributed by atoms with Crippen molar-refractivity contribution in [1.82, 2.24) is 10.2 Å². The molecule has 2 N–H and O–H groups in total. The molecule has 1 rings (SSSR count). The van der Waals surface area contributed by atoms with Gasteiger partial charge in [0.25, 0.3) is 0 Å². The number of hydrogen-bond donors (Lipinski definition) is 2. The third kappa shape index (κ3) is 4.61. The van der Waals surface area contributed by atoms with Gasteiger partial charge in [0.1, 0.15) is 0 Å². The number of carbonyl (C=O) groups excluding carboxylic acids is 1. The minimum absolute atomic E-state index is 0.0301. The molecule has 5 heteroatoms. The summed E-state index contributed by atoms with van der Waals surface area (Å²) < 4.78 is 0. The zero-order chi connectivity index (χ0) is 12.1. The summed E-state index contributed by atoms with van der Waals surface area (Å²) in [5, 5.41) is 11.4. The molecule has 1 aliphatic rings. The Morgan fingerprint density at radius 1 is 1.44 bits per heavy atom. The fourth-order valence-corrected chi connectivity index (χ4v) is 1.76. The number of hydrogen-bond acceptors (Lipinski definition) is 3. The summed E-state index contributed by atoms with van der Waals surface area (Å²) in [6.45, 7) is 6.64. The topological polar surface area (TPSA) is 69.6 Å². The Labute approximate surface area is 95.8 Å². The van der Waals surface area contributed by atoms with Crippen molar-refractivity contribution < 1.29 is 14.7 Å². The highest BCUT2D eigenvalue weighted by molar-refractivity contribution is 5.78. The summed E-state index contributed by atoms with van der Waals surface area (Å²) in [6, 6.07) is 0. The Balaban J connectivity index is 2.08. The highest BCUT2D eigenvalue weighted by Gasteiger charge is 2.29. The first-order valence-electron chi connectivity index (χ1n) is 5.68. The maximum absolute atomic E-state index is 11.4. The average molecular weight is 228 g/mol. The minimum Gasteiger partial charge on any atom is -0.481 e. The Kier molecular flexibility index (Phi) is 4.73. The number of carbonyl (C=O) groups is 2. The van der Waals surface area contributed by atoms with Crippen LogP contribution in [0, 0.1) is 11.8 Å². The molecular weight excluding hydrogens is 208 g/mol. The Bertz CT molecular complexity index is 260. The van der Waals surface area contributed by atoms with Crippen LogP contribution in [0.15, 0.2) is 0 Å². The highest BCUT2D eigenvalue weighted by Crippen LogP contribution is 2.17. The first kappa shape index (κ1) is 13.0. The van der Waals surface area contributed by atoms with Crippen LogP contribution >= 0.6 is 0 Å². The van der Waals surface area contributed by atoms with E-state index in [9.17, 15) is 9.59 Å². The molecule has 1 heterocycles. The maximum atomic E-state index is 11.4. The molecular formula is C11H20N2O3. The van der Waals surface area contributed by atoms with Crippen molar-refractivity contribution in [2.45, 2.75) is 20.3 Å². The van der Waals surface area contributed by atoms with E-state index in [-0.39, 0.29) is 18.2 Å². The molecule has 0 radical (unpaired) electrons. The summed E-state index contributed by atoms with van der Waals surface area (Å²) >= 11 is 0. The van der Waals surface area contributed by atoms with Gasteiger partial charge < -0.3 is 10.4 Å². The van der Waals surface area contributed by atoms with Gasteiger partial charge >= 0.3 is 5.97 Å². The molecule has 1 aliphatic heterocycles. The van der Waals surface area contributed by atoms with Gasteiger partial charge in [-0.25, -0.2) is 0 Å². The van der Waals surface area contributed by atoms with Crippen LogP contribution in [-0.4, -0.2) is 48.1 Å². The van der Waals surface area contributed by atoms with Gasteiger partial charge in [-0.15, -0.1) is 0 Å². The quantitative estimate of drug-likeness (QED) is 0.679. The SMILES string of the molecule is CC(C)CNC(=O)CN1CC(CC(=O)O)C1. The van der Waals surface area contributed by atoms with Gasteiger partial charge in [-0.3, -0.25) is 14.5 Å².